The second-order valence-electron chi connectivity index (χ2n) is 6.18. The number of aliphatic carboxylic acids is 1. The van der Waals surface area contributed by atoms with Crippen LogP contribution in [0.5, 0.6) is 0 Å². The quantitative estimate of drug-likeness (QED) is 0.719. The van der Waals surface area contributed by atoms with Crippen LogP contribution in [0.4, 0.5) is 0 Å². The van der Waals surface area contributed by atoms with Crippen LogP contribution in [0.15, 0.2) is 0 Å². The van der Waals surface area contributed by atoms with Gasteiger partial charge in [0, 0.05) is 6.54 Å². The lowest BCUT2D eigenvalue weighted by Crippen LogP contribution is -2.60. The number of carboxylic acids is 1. The standard InChI is InChI=1S/C13H21NO4/c1-12(2,9-4-3-5-9)6-14-10(15)13(11(16)17)7-18-8-13/h9H,3-8H2,1-2H3,(H,14,15)(H,16,17). The van der Waals surface area contributed by atoms with Crippen molar-refractivity contribution in [2.45, 2.75) is 33.1 Å². The van der Waals surface area contributed by atoms with E-state index < -0.39 is 17.3 Å². The molecule has 2 aliphatic rings. The van der Waals surface area contributed by atoms with Crippen molar-refractivity contribution in [2.75, 3.05) is 19.8 Å². The summed E-state index contributed by atoms with van der Waals surface area (Å²) in [6, 6.07) is 0. The topological polar surface area (TPSA) is 75.6 Å². The van der Waals surface area contributed by atoms with E-state index in [1.54, 1.807) is 0 Å². The summed E-state index contributed by atoms with van der Waals surface area (Å²) in [6.07, 6.45) is 3.67. The molecule has 5 heteroatoms. The van der Waals surface area contributed by atoms with Crippen molar-refractivity contribution in [3.05, 3.63) is 0 Å². The van der Waals surface area contributed by atoms with Crippen LogP contribution in [0.1, 0.15) is 33.1 Å². The normalized spacial score (nSPS) is 22.8. The zero-order valence-electron chi connectivity index (χ0n) is 11.0. The molecule has 0 aromatic rings. The summed E-state index contributed by atoms with van der Waals surface area (Å²) in [6.45, 7) is 4.76. The first kappa shape index (κ1) is 13.3. The molecule has 18 heavy (non-hydrogen) atoms. The van der Waals surface area contributed by atoms with Gasteiger partial charge in [-0.2, -0.15) is 0 Å². The van der Waals surface area contributed by atoms with E-state index >= 15 is 0 Å². The fraction of sp³-hybridized carbons (Fsp3) is 0.846. The molecule has 2 rings (SSSR count). The van der Waals surface area contributed by atoms with Crippen molar-refractivity contribution in [3.63, 3.8) is 0 Å². The molecule has 2 fully saturated rings. The van der Waals surface area contributed by atoms with E-state index in [0.29, 0.717) is 12.5 Å². The molecular formula is C13H21NO4. The molecule has 0 bridgehead atoms. The second-order valence-corrected chi connectivity index (χ2v) is 6.18. The lowest BCUT2D eigenvalue weighted by molar-refractivity contribution is -0.185. The van der Waals surface area contributed by atoms with Gasteiger partial charge in [-0.3, -0.25) is 9.59 Å². The Morgan fingerprint density at radius 2 is 2.00 bits per heavy atom. The van der Waals surface area contributed by atoms with Crippen molar-refractivity contribution in [1.29, 1.82) is 0 Å². The first-order chi connectivity index (χ1) is 8.38. The first-order valence-corrected chi connectivity index (χ1v) is 6.48. The van der Waals surface area contributed by atoms with Crippen LogP contribution in [-0.4, -0.2) is 36.7 Å². The average Bonchev–Trinajstić information content (AvgIpc) is 2.08. The number of nitrogens with one attached hydrogen (secondary N) is 1. The van der Waals surface area contributed by atoms with E-state index in [-0.39, 0.29) is 18.6 Å². The van der Waals surface area contributed by atoms with Gasteiger partial charge in [0.2, 0.25) is 5.91 Å². The van der Waals surface area contributed by atoms with Gasteiger partial charge in [0.1, 0.15) is 0 Å². The summed E-state index contributed by atoms with van der Waals surface area (Å²) in [7, 11) is 0. The fourth-order valence-electron chi connectivity index (χ4n) is 2.47. The van der Waals surface area contributed by atoms with Crippen molar-refractivity contribution < 1.29 is 19.4 Å². The van der Waals surface area contributed by atoms with Gasteiger partial charge in [-0.15, -0.1) is 0 Å². The Kier molecular flexibility index (Phi) is 3.36. The molecule has 1 aliphatic carbocycles. The number of carbonyl (C=O) groups excluding carboxylic acids is 1. The van der Waals surface area contributed by atoms with Gasteiger partial charge in [0.05, 0.1) is 13.2 Å². The molecule has 1 heterocycles. The van der Waals surface area contributed by atoms with E-state index in [2.05, 4.69) is 19.2 Å². The highest BCUT2D eigenvalue weighted by molar-refractivity contribution is 6.03. The maximum atomic E-state index is 12.0. The zero-order chi connectivity index (χ0) is 13.4. The molecule has 102 valence electrons. The van der Waals surface area contributed by atoms with Crippen LogP contribution in [0, 0.1) is 16.7 Å². The monoisotopic (exact) mass is 255 g/mol. The Morgan fingerprint density at radius 3 is 2.33 bits per heavy atom. The van der Waals surface area contributed by atoms with Gasteiger partial charge in [-0.1, -0.05) is 20.3 Å². The van der Waals surface area contributed by atoms with Gasteiger partial charge >= 0.3 is 5.97 Å². The third kappa shape index (κ3) is 2.11. The minimum atomic E-state index is -1.35. The Morgan fingerprint density at radius 1 is 1.39 bits per heavy atom. The lowest BCUT2D eigenvalue weighted by Gasteiger charge is -2.42. The molecule has 1 aliphatic heterocycles. The molecule has 0 aromatic carbocycles. The third-order valence-electron chi connectivity index (χ3n) is 4.46. The molecule has 1 amide bonds. The van der Waals surface area contributed by atoms with Gasteiger partial charge in [-0.25, -0.2) is 0 Å². The minimum Gasteiger partial charge on any atom is -0.480 e. The van der Waals surface area contributed by atoms with Crippen molar-refractivity contribution in [1.82, 2.24) is 5.32 Å². The summed E-state index contributed by atoms with van der Waals surface area (Å²) >= 11 is 0. The van der Waals surface area contributed by atoms with Crippen LogP contribution in [0.3, 0.4) is 0 Å². The summed E-state index contributed by atoms with van der Waals surface area (Å²) in [5.74, 6) is -0.863. The highest BCUT2D eigenvalue weighted by Gasteiger charge is 2.53. The van der Waals surface area contributed by atoms with Crippen LogP contribution in [0.2, 0.25) is 0 Å². The van der Waals surface area contributed by atoms with Gasteiger partial charge in [0.25, 0.3) is 0 Å². The molecule has 0 spiro atoms. The number of rotatable bonds is 5. The van der Waals surface area contributed by atoms with Gasteiger partial charge in [-0.05, 0) is 24.2 Å². The first-order valence-electron chi connectivity index (χ1n) is 6.48. The van der Waals surface area contributed by atoms with E-state index in [1.165, 1.54) is 19.3 Å². The second kappa shape index (κ2) is 4.53. The SMILES string of the molecule is CC(C)(CNC(=O)C1(C(=O)O)COC1)C1CCC1. The maximum Gasteiger partial charge on any atom is 0.324 e. The minimum absolute atomic E-state index is 0.0158. The lowest BCUT2D eigenvalue weighted by atomic mass is 9.67. The van der Waals surface area contributed by atoms with E-state index in [1.807, 2.05) is 0 Å². The van der Waals surface area contributed by atoms with Crippen LogP contribution in [0.25, 0.3) is 0 Å². The largest absolute Gasteiger partial charge is 0.480 e. The van der Waals surface area contributed by atoms with Crippen molar-refractivity contribution in [3.8, 4) is 0 Å². The van der Waals surface area contributed by atoms with Crippen LogP contribution < -0.4 is 5.32 Å². The molecule has 0 unspecified atom stereocenters. The highest BCUT2D eigenvalue weighted by Crippen LogP contribution is 2.41. The van der Waals surface area contributed by atoms with Crippen LogP contribution in [-0.2, 0) is 14.3 Å². The van der Waals surface area contributed by atoms with Crippen molar-refractivity contribution in [2.24, 2.45) is 16.7 Å². The summed E-state index contributed by atoms with van der Waals surface area (Å²) in [5, 5.41) is 11.9. The number of carboxylic acid groups (broad SMARTS) is 1. The number of hydrogen-bond donors (Lipinski definition) is 2. The Labute approximate surface area is 107 Å². The maximum absolute atomic E-state index is 12.0. The van der Waals surface area contributed by atoms with Crippen LogP contribution >= 0.6 is 0 Å². The highest BCUT2D eigenvalue weighted by atomic mass is 16.5. The average molecular weight is 255 g/mol. The molecule has 5 nitrogen and oxygen atoms in total. The number of amides is 1. The predicted octanol–water partition coefficient (Wildman–Crippen LogP) is 1.03. The molecule has 1 saturated heterocycles. The zero-order valence-corrected chi connectivity index (χ0v) is 11.0. The van der Waals surface area contributed by atoms with E-state index in [9.17, 15) is 9.59 Å². The summed E-state index contributed by atoms with van der Waals surface area (Å²) in [5.41, 5.74) is -1.31. The fourth-order valence-corrected chi connectivity index (χ4v) is 2.47. The molecule has 2 N–H and O–H groups in total. The Bertz CT molecular complexity index is 356. The molecule has 0 radical (unpaired) electrons. The van der Waals surface area contributed by atoms with Gasteiger partial charge < -0.3 is 15.2 Å². The van der Waals surface area contributed by atoms with E-state index in [0.717, 1.165) is 0 Å². The smallest absolute Gasteiger partial charge is 0.324 e. The molecule has 0 aromatic heterocycles. The number of hydrogen-bond acceptors (Lipinski definition) is 3. The Hall–Kier alpha value is -1.10. The molecule has 1 saturated carbocycles. The number of carbonyl (C=O) groups is 2. The van der Waals surface area contributed by atoms with E-state index in [4.69, 9.17) is 9.84 Å². The third-order valence-corrected chi connectivity index (χ3v) is 4.46. The summed E-state index contributed by atoms with van der Waals surface area (Å²) in [4.78, 5) is 23.1. The van der Waals surface area contributed by atoms with Gasteiger partial charge in [0.15, 0.2) is 5.41 Å². The number of ether oxygens (including phenoxy) is 1. The molecular weight excluding hydrogens is 234 g/mol. The van der Waals surface area contributed by atoms with Crippen molar-refractivity contribution >= 4 is 11.9 Å². The predicted molar refractivity (Wildman–Crippen MR) is 65.0 cm³/mol. The summed E-state index contributed by atoms with van der Waals surface area (Å²) < 4.78 is 4.89. The Balaban J connectivity index is 1.89. The molecule has 0 atom stereocenters.